The van der Waals surface area contributed by atoms with Gasteiger partial charge in [0.15, 0.2) is 0 Å². The number of nitrogens with one attached hydrogen (secondary N) is 2. The number of rotatable bonds is 5. The monoisotopic (exact) mass is 278 g/mol. The summed E-state index contributed by atoms with van der Waals surface area (Å²) in [5.74, 6) is -1.81. The highest BCUT2D eigenvalue weighted by atomic mass is 16.4. The van der Waals surface area contributed by atoms with Crippen LogP contribution in [-0.4, -0.2) is 35.0 Å². The summed E-state index contributed by atoms with van der Waals surface area (Å²) >= 11 is 0. The number of carbonyl (C=O) groups excluding carboxylic acids is 2. The van der Waals surface area contributed by atoms with Crippen LogP contribution in [0, 0.1) is 0 Å². The normalized spacial score (nSPS) is 11.8. The van der Waals surface area contributed by atoms with Crippen molar-refractivity contribution in [2.75, 3.05) is 0 Å². The van der Waals surface area contributed by atoms with Crippen LogP contribution in [0.3, 0.4) is 0 Å². The van der Waals surface area contributed by atoms with E-state index in [1.54, 1.807) is 0 Å². The molecule has 0 aliphatic heterocycles. The zero-order valence-electron chi connectivity index (χ0n) is 11.6. The molecule has 0 aliphatic rings. The fraction of sp³-hybridized carbons (Fsp3) is 0.357. The van der Waals surface area contributed by atoms with E-state index >= 15 is 0 Å². The third-order valence-electron chi connectivity index (χ3n) is 2.55. The van der Waals surface area contributed by atoms with Gasteiger partial charge in [-0.2, -0.15) is 0 Å². The van der Waals surface area contributed by atoms with Crippen molar-refractivity contribution in [3.8, 4) is 0 Å². The highest BCUT2D eigenvalue weighted by Gasteiger charge is 2.15. The zero-order chi connectivity index (χ0) is 15.3. The van der Waals surface area contributed by atoms with Crippen LogP contribution in [0.1, 0.15) is 41.5 Å². The van der Waals surface area contributed by atoms with Crippen molar-refractivity contribution >= 4 is 17.8 Å². The van der Waals surface area contributed by atoms with Crippen LogP contribution in [0.2, 0.25) is 0 Å². The molecule has 1 aromatic carbocycles. The van der Waals surface area contributed by atoms with Gasteiger partial charge in [0.25, 0.3) is 11.8 Å². The second kappa shape index (κ2) is 6.70. The molecule has 0 spiro atoms. The maximum absolute atomic E-state index is 11.7. The van der Waals surface area contributed by atoms with E-state index in [9.17, 15) is 14.4 Å². The number of amides is 2. The van der Waals surface area contributed by atoms with Gasteiger partial charge >= 0.3 is 5.97 Å². The molecule has 108 valence electrons. The van der Waals surface area contributed by atoms with Gasteiger partial charge in [0, 0.05) is 17.2 Å². The van der Waals surface area contributed by atoms with Gasteiger partial charge in [-0.15, -0.1) is 0 Å². The number of hydrogen-bond acceptors (Lipinski definition) is 3. The van der Waals surface area contributed by atoms with Gasteiger partial charge in [0.05, 0.1) is 0 Å². The van der Waals surface area contributed by atoms with Crippen LogP contribution < -0.4 is 10.6 Å². The van der Waals surface area contributed by atoms with Gasteiger partial charge in [-0.05, 0) is 45.0 Å². The van der Waals surface area contributed by atoms with Crippen LogP contribution in [0.15, 0.2) is 24.3 Å². The first-order chi connectivity index (χ1) is 9.31. The van der Waals surface area contributed by atoms with E-state index in [0.717, 1.165) is 0 Å². The molecule has 0 aliphatic carbocycles. The lowest BCUT2D eigenvalue weighted by atomic mass is 10.1. The molecule has 0 aromatic heterocycles. The predicted octanol–water partition coefficient (Wildman–Crippen LogP) is 1.03. The maximum Gasteiger partial charge on any atom is 0.325 e. The quantitative estimate of drug-likeness (QED) is 0.749. The SMILES string of the molecule is CC(C)NC(=O)c1ccc(C(=O)NC(C)C(=O)O)cc1. The standard InChI is InChI=1S/C14H18N2O4/c1-8(2)15-12(17)10-4-6-11(7-5-10)13(18)16-9(3)14(19)20/h4-9H,1-3H3,(H,15,17)(H,16,18)(H,19,20). The summed E-state index contributed by atoms with van der Waals surface area (Å²) in [7, 11) is 0. The second-order valence-corrected chi connectivity index (χ2v) is 4.74. The van der Waals surface area contributed by atoms with Crippen molar-refractivity contribution in [3.05, 3.63) is 35.4 Å². The topological polar surface area (TPSA) is 95.5 Å². The Bertz CT molecular complexity index is 508. The Morgan fingerprint density at radius 2 is 1.30 bits per heavy atom. The highest BCUT2D eigenvalue weighted by molar-refractivity contribution is 5.99. The molecule has 0 heterocycles. The number of carboxylic acids is 1. The smallest absolute Gasteiger partial charge is 0.325 e. The molecule has 1 rings (SSSR count). The van der Waals surface area contributed by atoms with Crippen molar-refractivity contribution in [3.63, 3.8) is 0 Å². The summed E-state index contributed by atoms with van der Waals surface area (Å²) in [6, 6.07) is 5.09. The molecule has 0 saturated carbocycles. The van der Waals surface area contributed by atoms with Gasteiger partial charge in [-0.1, -0.05) is 0 Å². The summed E-state index contributed by atoms with van der Waals surface area (Å²) in [6.07, 6.45) is 0. The minimum atomic E-state index is -1.11. The largest absolute Gasteiger partial charge is 0.480 e. The average Bonchev–Trinajstić information content (AvgIpc) is 2.37. The first-order valence-corrected chi connectivity index (χ1v) is 6.26. The van der Waals surface area contributed by atoms with Gasteiger partial charge in [-0.25, -0.2) is 0 Å². The summed E-state index contributed by atoms with van der Waals surface area (Å²) in [6.45, 7) is 5.09. The Balaban J connectivity index is 2.73. The molecule has 1 aromatic rings. The minimum Gasteiger partial charge on any atom is -0.480 e. The lowest BCUT2D eigenvalue weighted by Gasteiger charge is -2.10. The molecule has 0 fully saturated rings. The van der Waals surface area contributed by atoms with Crippen molar-refractivity contribution in [2.45, 2.75) is 32.9 Å². The van der Waals surface area contributed by atoms with Crippen LogP contribution in [0.4, 0.5) is 0 Å². The van der Waals surface area contributed by atoms with Crippen molar-refractivity contribution in [2.24, 2.45) is 0 Å². The lowest BCUT2D eigenvalue weighted by molar-refractivity contribution is -0.138. The third kappa shape index (κ3) is 4.38. The molecule has 1 atom stereocenters. The number of aliphatic carboxylic acids is 1. The molecular formula is C14H18N2O4. The van der Waals surface area contributed by atoms with E-state index in [2.05, 4.69) is 10.6 Å². The molecule has 20 heavy (non-hydrogen) atoms. The summed E-state index contributed by atoms with van der Waals surface area (Å²) in [4.78, 5) is 34.1. The fourth-order valence-electron chi connectivity index (χ4n) is 1.46. The van der Waals surface area contributed by atoms with Gasteiger partial charge < -0.3 is 15.7 Å². The first kappa shape index (κ1) is 15.7. The summed E-state index contributed by atoms with van der Waals surface area (Å²) in [5, 5.41) is 13.8. The molecule has 0 radical (unpaired) electrons. The molecule has 0 saturated heterocycles. The second-order valence-electron chi connectivity index (χ2n) is 4.74. The highest BCUT2D eigenvalue weighted by Crippen LogP contribution is 2.05. The van der Waals surface area contributed by atoms with E-state index in [1.807, 2.05) is 13.8 Å². The fourth-order valence-corrected chi connectivity index (χ4v) is 1.46. The van der Waals surface area contributed by atoms with Crippen LogP contribution >= 0.6 is 0 Å². The lowest BCUT2D eigenvalue weighted by Crippen LogP contribution is -2.38. The summed E-state index contributed by atoms with van der Waals surface area (Å²) in [5.41, 5.74) is 0.751. The molecular weight excluding hydrogens is 260 g/mol. The number of carbonyl (C=O) groups is 3. The maximum atomic E-state index is 11.7. The van der Waals surface area contributed by atoms with Gasteiger partial charge in [0.2, 0.25) is 0 Å². The Labute approximate surface area is 117 Å². The van der Waals surface area contributed by atoms with Crippen molar-refractivity contribution in [1.82, 2.24) is 10.6 Å². The van der Waals surface area contributed by atoms with E-state index in [0.29, 0.717) is 11.1 Å². The zero-order valence-corrected chi connectivity index (χ0v) is 11.6. The van der Waals surface area contributed by atoms with Crippen LogP contribution in [0.25, 0.3) is 0 Å². The average molecular weight is 278 g/mol. The number of hydrogen-bond donors (Lipinski definition) is 3. The van der Waals surface area contributed by atoms with E-state index in [4.69, 9.17) is 5.11 Å². The first-order valence-electron chi connectivity index (χ1n) is 6.26. The molecule has 6 nitrogen and oxygen atoms in total. The van der Waals surface area contributed by atoms with Crippen LogP contribution in [0.5, 0.6) is 0 Å². The molecule has 1 unspecified atom stereocenters. The van der Waals surface area contributed by atoms with E-state index < -0.39 is 17.9 Å². The number of benzene rings is 1. The van der Waals surface area contributed by atoms with Gasteiger partial charge in [0.1, 0.15) is 6.04 Å². The van der Waals surface area contributed by atoms with Crippen molar-refractivity contribution < 1.29 is 19.5 Å². The summed E-state index contributed by atoms with van der Waals surface area (Å²) < 4.78 is 0. The Kier molecular flexibility index (Phi) is 5.25. The van der Waals surface area contributed by atoms with Crippen molar-refractivity contribution in [1.29, 1.82) is 0 Å². The Hall–Kier alpha value is -2.37. The predicted molar refractivity (Wildman–Crippen MR) is 73.6 cm³/mol. The molecule has 0 bridgehead atoms. The van der Waals surface area contributed by atoms with Crippen LogP contribution in [-0.2, 0) is 4.79 Å². The van der Waals surface area contributed by atoms with E-state index in [1.165, 1.54) is 31.2 Å². The molecule has 2 amide bonds. The molecule has 6 heteroatoms. The minimum absolute atomic E-state index is 0.0295. The van der Waals surface area contributed by atoms with Gasteiger partial charge in [-0.3, -0.25) is 14.4 Å². The Morgan fingerprint density at radius 3 is 1.65 bits per heavy atom. The number of carboxylic acid groups (broad SMARTS) is 1. The van der Waals surface area contributed by atoms with E-state index in [-0.39, 0.29) is 11.9 Å². The molecule has 3 N–H and O–H groups in total. The third-order valence-corrected chi connectivity index (χ3v) is 2.55. The Morgan fingerprint density at radius 1 is 0.900 bits per heavy atom.